The van der Waals surface area contributed by atoms with E-state index in [1.54, 1.807) is 24.3 Å². The molecule has 1 heterocycles. The highest BCUT2D eigenvalue weighted by molar-refractivity contribution is 9.10. The van der Waals surface area contributed by atoms with Crippen molar-refractivity contribution in [3.05, 3.63) is 52.8 Å². The number of aromatic hydroxyl groups is 1. The van der Waals surface area contributed by atoms with Crippen molar-refractivity contribution in [2.45, 2.75) is 0 Å². The van der Waals surface area contributed by atoms with Gasteiger partial charge < -0.3 is 9.63 Å². The molecule has 0 radical (unpaired) electrons. The molecule has 0 unspecified atom stereocenters. The fourth-order valence-corrected chi connectivity index (χ4v) is 2.30. The van der Waals surface area contributed by atoms with Crippen molar-refractivity contribution in [1.29, 1.82) is 0 Å². The summed E-state index contributed by atoms with van der Waals surface area (Å²) in [4.78, 5) is 4.21. The molecule has 0 saturated carbocycles. The lowest BCUT2D eigenvalue weighted by atomic mass is 10.2. The van der Waals surface area contributed by atoms with Gasteiger partial charge in [0.1, 0.15) is 11.6 Å². The van der Waals surface area contributed by atoms with Crippen molar-refractivity contribution in [2.75, 3.05) is 0 Å². The van der Waals surface area contributed by atoms with Crippen LogP contribution in [0.5, 0.6) is 5.75 Å². The summed E-state index contributed by atoms with van der Waals surface area (Å²) < 4.78 is 18.7. The summed E-state index contributed by atoms with van der Waals surface area (Å²) in [6.07, 6.45) is 0. The summed E-state index contributed by atoms with van der Waals surface area (Å²) in [6, 6.07) is 10.9. The lowest BCUT2D eigenvalue weighted by Gasteiger charge is -1.98. The second kappa shape index (κ2) is 5.05. The Morgan fingerprint density at radius 2 is 1.90 bits per heavy atom. The molecule has 1 aromatic heterocycles. The lowest BCUT2D eigenvalue weighted by molar-refractivity contribution is 0.425. The number of aromatic nitrogens is 2. The molecule has 6 heteroatoms. The zero-order chi connectivity index (χ0) is 14.1. The first kappa shape index (κ1) is 12.8. The zero-order valence-corrected chi connectivity index (χ0v) is 11.6. The van der Waals surface area contributed by atoms with Gasteiger partial charge in [-0.2, -0.15) is 4.98 Å². The van der Waals surface area contributed by atoms with Crippen LogP contribution in [0.15, 0.2) is 51.5 Å². The van der Waals surface area contributed by atoms with Crippen molar-refractivity contribution >= 4 is 15.9 Å². The molecule has 3 aromatic rings. The standard InChI is InChI=1S/C14H8BrFN2O2/c15-11-7-8(16)5-6-9(11)13-17-14(20-18-13)10-3-1-2-4-12(10)19/h1-7,19H. The Morgan fingerprint density at radius 1 is 1.10 bits per heavy atom. The Hall–Kier alpha value is -2.21. The Bertz CT molecular complexity index is 773. The predicted octanol–water partition coefficient (Wildman–Crippen LogP) is 4.01. The molecule has 0 aliphatic carbocycles. The average molecular weight is 335 g/mol. The molecule has 20 heavy (non-hydrogen) atoms. The van der Waals surface area contributed by atoms with Crippen LogP contribution in [-0.4, -0.2) is 15.2 Å². The smallest absolute Gasteiger partial charge is 0.261 e. The summed E-state index contributed by atoms with van der Waals surface area (Å²) in [5.74, 6) is 0.218. The van der Waals surface area contributed by atoms with Gasteiger partial charge in [0.05, 0.1) is 5.56 Å². The molecule has 0 aliphatic heterocycles. The Balaban J connectivity index is 2.04. The third-order valence-electron chi connectivity index (χ3n) is 2.73. The SMILES string of the molecule is Oc1ccccc1-c1nc(-c2ccc(F)cc2Br)no1. The van der Waals surface area contributed by atoms with E-state index >= 15 is 0 Å². The molecule has 0 saturated heterocycles. The largest absolute Gasteiger partial charge is 0.507 e. The van der Waals surface area contributed by atoms with Crippen LogP contribution >= 0.6 is 15.9 Å². The number of hydrogen-bond acceptors (Lipinski definition) is 4. The van der Waals surface area contributed by atoms with Gasteiger partial charge in [-0.1, -0.05) is 17.3 Å². The minimum atomic E-state index is -0.356. The van der Waals surface area contributed by atoms with E-state index in [1.165, 1.54) is 18.2 Å². The lowest BCUT2D eigenvalue weighted by Crippen LogP contribution is -1.85. The van der Waals surface area contributed by atoms with Gasteiger partial charge in [-0.3, -0.25) is 0 Å². The molecule has 3 rings (SSSR count). The number of hydrogen-bond donors (Lipinski definition) is 1. The maximum atomic E-state index is 13.1. The highest BCUT2D eigenvalue weighted by atomic mass is 79.9. The molecule has 0 fully saturated rings. The van der Waals surface area contributed by atoms with Crippen LogP contribution in [0.2, 0.25) is 0 Å². The van der Waals surface area contributed by atoms with Crippen LogP contribution in [0.3, 0.4) is 0 Å². The van der Waals surface area contributed by atoms with Crippen LogP contribution in [-0.2, 0) is 0 Å². The molecule has 0 aliphatic rings. The minimum Gasteiger partial charge on any atom is -0.507 e. The molecule has 2 aromatic carbocycles. The van der Waals surface area contributed by atoms with E-state index in [2.05, 4.69) is 26.1 Å². The highest BCUT2D eigenvalue weighted by Gasteiger charge is 2.15. The Labute approximate surface area is 122 Å². The molecule has 4 nitrogen and oxygen atoms in total. The van der Waals surface area contributed by atoms with Gasteiger partial charge in [0.15, 0.2) is 0 Å². The van der Waals surface area contributed by atoms with E-state index in [4.69, 9.17) is 4.52 Å². The van der Waals surface area contributed by atoms with Gasteiger partial charge in [-0.25, -0.2) is 4.39 Å². The number of halogens is 2. The first-order valence-electron chi connectivity index (χ1n) is 5.72. The number of phenols is 1. The summed E-state index contributed by atoms with van der Waals surface area (Å²) in [6.45, 7) is 0. The molecule has 100 valence electrons. The number of benzene rings is 2. The molecule has 0 spiro atoms. The van der Waals surface area contributed by atoms with E-state index in [-0.39, 0.29) is 17.5 Å². The third kappa shape index (κ3) is 2.30. The van der Waals surface area contributed by atoms with Gasteiger partial charge in [0.2, 0.25) is 5.82 Å². The summed E-state index contributed by atoms with van der Waals surface area (Å²) in [5, 5.41) is 13.6. The maximum Gasteiger partial charge on any atom is 0.261 e. The second-order valence-corrected chi connectivity index (χ2v) is 4.92. The normalized spacial score (nSPS) is 10.7. The predicted molar refractivity (Wildman–Crippen MR) is 74.5 cm³/mol. The van der Waals surface area contributed by atoms with Crippen LogP contribution in [0, 0.1) is 5.82 Å². The topological polar surface area (TPSA) is 59.2 Å². The Kier molecular flexibility index (Phi) is 3.23. The van der Waals surface area contributed by atoms with Gasteiger partial charge in [-0.05, 0) is 46.3 Å². The fraction of sp³-hybridized carbons (Fsp3) is 0. The minimum absolute atomic E-state index is 0.0564. The first-order chi connectivity index (χ1) is 9.65. The Morgan fingerprint density at radius 3 is 2.65 bits per heavy atom. The number of rotatable bonds is 2. The summed E-state index contributed by atoms with van der Waals surface area (Å²) >= 11 is 3.25. The van der Waals surface area contributed by atoms with Crippen LogP contribution in [0.25, 0.3) is 22.8 Å². The summed E-state index contributed by atoms with van der Waals surface area (Å²) in [7, 11) is 0. The number of para-hydroxylation sites is 1. The van der Waals surface area contributed by atoms with E-state index in [9.17, 15) is 9.50 Å². The highest BCUT2D eigenvalue weighted by Crippen LogP contribution is 2.31. The van der Waals surface area contributed by atoms with Gasteiger partial charge >= 0.3 is 0 Å². The zero-order valence-electron chi connectivity index (χ0n) is 10.0. The maximum absolute atomic E-state index is 13.1. The molecule has 0 amide bonds. The summed E-state index contributed by atoms with van der Waals surface area (Å²) in [5.41, 5.74) is 1.06. The third-order valence-corrected chi connectivity index (χ3v) is 3.39. The monoisotopic (exact) mass is 334 g/mol. The van der Waals surface area contributed by atoms with Crippen molar-refractivity contribution in [3.8, 4) is 28.6 Å². The quantitative estimate of drug-likeness (QED) is 0.769. The van der Waals surface area contributed by atoms with Gasteiger partial charge in [-0.15, -0.1) is 0 Å². The van der Waals surface area contributed by atoms with E-state index < -0.39 is 0 Å². The van der Waals surface area contributed by atoms with Gasteiger partial charge in [0, 0.05) is 10.0 Å². The molecular formula is C14H8BrFN2O2. The molecule has 0 bridgehead atoms. The van der Waals surface area contributed by atoms with Crippen molar-refractivity contribution in [2.24, 2.45) is 0 Å². The van der Waals surface area contributed by atoms with E-state index in [0.29, 0.717) is 21.4 Å². The number of phenolic OH excluding ortho intramolecular Hbond substituents is 1. The van der Waals surface area contributed by atoms with Crippen molar-refractivity contribution in [3.63, 3.8) is 0 Å². The van der Waals surface area contributed by atoms with Crippen molar-refractivity contribution in [1.82, 2.24) is 10.1 Å². The second-order valence-electron chi connectivity index (χ2n) is 4.06. The van der Waals surface area contributed by atoms with Crippen molar-refractivity contribution < 1.29 is 14.0 Å². The number of nitrogens with zero attached hydrogens (tertiary/aromatic N) is 2. The molecule has 0 atom stereocenters. The average Bonchev–Trinajstić information content (AvgIpc) is 2.88. The van der Waals surface area contributed by atoms with Crippen LogP contribution in [0.4, 0.5) is 4.39 Å². The molecular weight excluding hydrogens is 327 g/mol. The van der Waals surface area contributed by atoms with Crippen LogP contribution < -0.4 is 0 Å². The van der Waals surface area contributed by atoms with Crippen LogP contribution in [0.1, 0.15) is 0 Å². The molecule has 1 N–H and O–H groups in total. The van der Waals surface area contributed by atoms with Gasteiger partial charge in [0.25, 0.3) is 5.89 Å². The van der Waals surface area contributed by atoms with E-state index in [0.717, 1.165) is 0 Å². The first-order valence-corrected chi connectivity index (χ1v) is 6.52. The van der Waals surface area contributed by atoms with E-state index in [1.807, 2.05) is 0 Å². The fourth-order valence-electron chi connectivity index (χ4n) is 1.77.